The van der Waals surface area contributed by atoms with Gasteiger partial charge in [0.25, 0.3) is 5.78 Å². The van der Waals surface area contributed by atoms with Crippen molar-refractivity contribution in [2.45, 2.75) is 13.5 Å². The molecule has 2 N–H and O–H groups in total. The molecule has 0 aliphatic rings. The van der Waals surface area contributed by atoms with Gasteiger partial charge < -0.3 is 10.5 Å². The Morgan fingerprint density at radius 1 is 1.20 bits per heavy atom. The molecular weight excluding hydrogens is 254 g/mol. The summed E-state index contributed by atoms with van der Waals surface area (Å²) >= 11 is 0. The maximum absolute atomic E-state index is 6.26. The predicted octanol–water partition coefficient (Wildman–Crippen LogP) is 1.83. The Morgan fingerprint density at radius 2 is 1.95 bits per heavy atom. The minimum Gasteiger partial charge on any atom is -0.383 e. The van der Waals surface area contributed by atoms with E-state index < -0.39 is 0 Å². The Hall–Kier alpha value is -2.47. The van der Waals surface area contributed by atoms with E-state index in [0.717, 1.165) is 16.8 Å². The molecule has 0 unspecified atom stereocenters. The highest BCUT2D eigenvalue weighted by Crippen LogP contribution is 2.29. The van der Waals surface area contributed by atoms with Crippen LogP contribution in [0.2, 0.25) is 0 Å². The van der Waals surface area contributed by atoms with Crippen molar-refractivity contribution in [2.24, 2.45) is 0 Å². The third-order valence-electron chi connectivity index (χ3n) is 3.05. The molecule has 6 nitrogen and oxygen atoms in total. The lowest BCUT2D eigenvalue weighted by atomic mass is 10.0. The van der Waals surface area contributed by atoms with E-state index in [4.69, 9.17) is 10.5 Å². The Balaban J connectivity index is 2.32. The fourth-order valence-corrected chi connectivity index (χ4v) is 2.23. The van der Waals surface area contributed by atoms with Crippen LogP contribution in [0, 0.1) is 6.92 Å². The zero-order valence-corrected chi connectivity index (χ0v) is 11.4. The number of nitrogens with two attached hydrogens (primary N) is 1. The fourth-order valence-electron chi connectivity index (χ4n) is 2.23. The summed E-state index contributed by atoms with van der Waals surface area (Å²) < 4.78 is 6.79. The number of benzene rings is 1. The molecule has 0 atom stereocenters. The molecule has 20 heavy (non-hydrogen) atoms. The van der Waals surface area contributed by atoms with Gasteiger partial charge in [-0.25, -0.2) is 4.98 Å². The Morgan fingerprint density at radius 3 is 2.65 bits per heavy atom. The first-order valence-electron chi connectivity index (χ1n) is 6.27. The van der Waals surface area contributed by atoms with Crippen LogP contribution in [-0.4, -0.2) is 26.7 Å². The van der Waals surface area contributed by atoms with Gasteiger partial charge in [0.2, 0.25) is 0 Å². The smallest absolute Gasteiger partial charge is 0.254 e. The van der Waals surface area contributed by atoms with Crippen molar-refractivity contribution in [1.82, 2.24) is 19.6 Å². The standard InChI is InChI=1S/C14H15N5O/c1-9-16-14-17-11(8-20-2)12(13(15)19(14)18-9)10-6-4-3-5-7-10/h3-7H,8,15H2,1-2H3. The van der Waals surface area contributed by atoms with Gasteiger partial charge in [-0.05, 0) is 12.5 Å². The second-order valence-corrected chi connectivity index (χ2v) is 4.49. The van der Waals surface area contributed by atoms with Crippen LogP contribution in [0.4, 0.5) is 5.82 Å². The number of nitrogens with zero attached hydrogens (tertiary/aromatic N) is 4. The van der Waals surface area contributed by atoms with E-state index in [9.17, 15) is 0 Å². The van der Waals surface area contributed by atoms with Gasteiger partial charge in [0.05, 0.1) is 12.3 Å². The van der Waals surface area contributed by atoms with Crippen LogP contribution in [0.5, 0.6) is 0 Å². The largest absolute Gasteiger partial charge is 0.383 e. The molecule has 1 aromatic carbocycles. The topological polar surface area (TPSA) is 78.3 Å². The highest BCUT2D eigenvalue weighted by atomic mass is 16.5. The predicted molar refractivity (Wildman–Crippen MR) is 76.1 cm³/mol. The van der Waals surface area contributed by atoms with E-state index in [2.05, 4.69) is 15.1 Å². The summed E-state index contributed by atoms with van der Waals surface area (Å²) in [6.07, 6.45) is 0. The van der Waals surface area contributed by atoms with Gasteiger partial charge in [0, 0.05) is 12.7 Å². The second-order valence-electron chi connectivity index (χ2n) is 4.49. The molecule has 3 rings (SSSR count). The molecule has 0 radical (unpaired) electrons. The highest BCUT2D eigenvalue weighted by molar-refractivity contribution is 5.77. The summed E-state index contributed by atoms with van der Waals surface area (Å²) in [7, 11) is 1.63. The van der Waals surface area contributed by atoms with Crippen molar-refractivity contribution in [3.05, 3.63) is 41.9 Å². The third kappa shape index (κ3) is 2.00. The summed E-state index contributed by atoms with van der Waals surface area (Å²) in [6, 6.07) is 9.86. The summed E-state index contributed by atoms with van der Waals surface area (Å²) in [5, 5.41) is 4.28. The van der Waals surface area contributed by atoms with Gasteiger partial charge in [0.15, 0.2) is 0 Å². The van der Waals surface area contributed by atoms with Crippen LogP contribution in [0.15, 0.2) is 30.3 Å². The monoisotopic (exact) mass is 269 g/mol. The number of anilines is 1. The lowest BCUT2D eigenvalue weighted by Crippen LogP contribution is -2.08. The number of nitrogen functional groups attached to an aromatic ring is 1. The Bertz CT molecular complexity index is 751. The Kier molecular flexibility index (Phi) is 3.08. The minimum absolute atomic E-state index is 0.372. The van der Waals surface area contributed by atoms with Crippen molar-refractivity contribution in [2.75, 3.05) is 12.8 Å². The van der Waals surface area contributed by atoms with Gasteiger partial charge in [-0.1, -0.05) is 30.3 Å². The number of fused-ring (bicyclic) bond motifs is 1. The van der Waals surface area contributed by atoms with Crippen LogP contribution in [0.25, 0.3) is 16.9 Å². The average molecular weight is 269 g/mol. The summed E-state index contributed by atoms with van der Waals surface area (Å²) in [4.78, 5) is 8.76. The molecule has 0 bridgehead atoms. The Labute approximate surface area is 116 Å². The first-order chi connectivity index (χ1) is 9.70. The van der Waals surface area contributed by atoms with Crippen LogP contribution in [0.3, 0.4) is 0 Å². The van der Waals surface area contributed by atoms with Gasteiger partial charge >= 0.3 is 0 Å². The van der Waals surface area contributed by atoms with E-state index >= 15 is 0 Å². The molecule has 2 aromatic heterocycles. The number of aromatic nitrogens is 4. The number of methoxy groups -OCH3 is 1. The van der Waals surface area contributed by atoms with Crippen LogP contribution < -0.4 is 5.73 Å². The number of aryl methyl sites for hydroxylation is 1. The van der Waals surface area contributed by atoms with Crippen molar-refractivity contribution in [3.63, 3.8) is 0 Å². The lowest BCUT2D eigenvalue weighted by Gasteiger charge is -2.12. The van der Waals surface area contributed by atoms with Gasteiger partial charge in [-0.2, -0.15) is 9.50 Å². The van der Waals surface area contributed by atoms with Crippen molar-refractivity contribution >= 4 is 11.6 Å². The number of ether oxygens (including phenoxy) is 1. The first-order valence-corrected chi connectivity index (χ1v) is 6.27. The molecule has 3 aromatic rings. The van der Waals surface area contributed by atoms with E-state index in [1.807, 2.05) is 37.3 Å². The van der Waals surface area contributed by atoms with Gasteiger partial charge in [0.1, 0.15) is 11.6 Å². The molecule has 0 fully saturated rings. The SMILES string of the molecule is COCc1nc2nc(C)nn2c(N)c1-c1ccccc1. The molecule has 0 amide bonds. The maximum Gasteiger partial charge on any atom is 0.254 e. The summed E-state index contributed by atoms with van der Waals surface area (Å²) in [5.74, 6) is 1.65. The van der Waals surface area contributed by atoms with E-state index in [1.165, 1.54) is 0 Å². The van der Waals surface area contributed by atoms with Crippen LogP contribution in [0.1, 0.15) is 11.5 Å². The average Bonchev–Trinajstić information content (AvgIpc) is 2.81. The minimum atomic E-state index is 0.372. The zero-order chi connectivity index (χ0) is 14.1. The van der Waals surface area contributed by atoms with Crippen LogP contribution >= 0.6 is 0 Å². The summed E-state index contributed by atoms with van der Waals surface area (Å²) in [6.45, 7) is 2.18. The molecule has 0 aliphatic carbocycles. The number of hydrogen-bond donors (Lipinski definition) is 1. The zero-order valence-electron chi connectivity index (χ0n) is 11.4. The van der Waals surface area contributed by atoms with E-state index in [1.54, 1.807) is 11.6 Å². The van der Waals surface area contributed by atoms with Crippen molar-refractivity contribution in [1.29, 1.82) is 0 Å². The normalized spacial score (nSPS) is 11.1. The van der Waals surface area contributed by atoms with Crippen molar-refractivity contribution in [3.8, 4) is 11.1 Å². The quantitative estimate of drug-likeness (QED) is 0.784. The maximum atomic E-state index is 6.26. The van der Waals surface area contributed by atoms with E-state index in [0.29, 0.717) is 24.0 Å². The number of hydrogen-bond acceptors (Lipinski definition) is 5. The molecule has 0 spiro atoms. The molecule has 0 aliphatic heterocycles. The molecule has 0 saturated carbocycles. The molecule has 2 heterocycles. The summed E-state index contributed by atoms with van der Waals surface area (Å²) in [5.41, 5.74) is 8.84. The molecule has 102 valence electrons. The molecule has 0 saturated heterocycles. The van der Waals surface area contributed by atoms with Gasteiger partial charge in [-0.3, -0.25) is 0 Å². The molecule has 6 heteroatoms. The molecular formula is C14H15N5O. The highest BCUT2D eigenvalue weighted by Gasteiger charge is 2.16. The number of rotatable bonds is 3. The fraction of sp³-hybridized carbons (Fsp3) is 0.214. The van der Waals surface area contributed by atoms with Gasteiger partial charge in [-0.15, -0.1) is 5.10 Å². The third-order valence-corrected chi connectivity index (χ3v) is 3.05. The van der Waals surface area contributed by atoms with E-state index in [-0.39, 0.29) is 0 Å². The van der Waals surface area contributed by atoms with Crippen molar-refractivity contribution < 1.29 is 4.74 Å². The first kappa shape index (κ1) is 12.6. The van der Waals surface area contributed by atoms with Crippen LogP contribution in [-0.2, 0) is 11.3 Å². The second kappa shape index (κ2) is 4.90. The lowest BCUT2D eigenvalue weighted by molar-refractivity contribution is 0.182.